The number of aryl methyl sites for hydroxylation is 1. The van der Waals surface area contributed by atoms with Crippen LogP contribution in [0.3, 0.4) is 0 Å². The number of nitrogens with zero attached hydrogens (tertiary/aromatic N) is 1. The molecule has 0 amide bonds. The van der Waals surface area contributed by atoms with Crippen LogP contribution in [0.4, 0.5) is 0 Å². The van der Waals surface area contributed by atoms with Crippen LogP contribution in [0.1, 0.15) is 5.56 Å². The first-order valence-corrected chi connectivity index (χ1v) is 7.91. The molecule has 0 aliphatic carbocycles. The van der Waals surface area contributed by atoms with Gasteiger partial charge in [0.2, 0.25) is 0 Å². The SMILES string of the molecule is Cc1ccccc1S(=O)(=O)O.c1cc[nH]c1.c1ccncc1. The highest BCUT2D eigenvalue weighted by molar-refractivity contribution is 7.85. The van der Waals surface area contributed by atoms with Gasteiger partial charge < -0.3 is 4.98 Å². The van der Waals surface area contributed by atoms with Crippen molar-refractivity contribution >= 4 is 10.1 Å². The molecule has 2 N–H and O–H groups in total. The summed E-state index contributed by atoms with van der Waals surface area (Å²) in [5.41, 5.74) is 0.551. The number of pyridine rings is 1. The molecule has 0 saturated carbocycles. The van der Waals surface area contributed by atoms with Gasteiger partial charge in [-0.3, -0.25) is 9.54 Å². The van der Waals surface area contributed by atoms with E-state index in [0.29, 0.717) is 5.56 Å². The van der Waals surface area contributed by atoms with E-state index in [-0.39, 0.29) is 4.90 Å². The molecule has 0 atom stereocenters. The van der Waals surface area contributed by atoms with Crippen molar-refractivity contribution in [3.63, 3.8) is 0 Å². The van der Waals surface area contributed by atoms with E-state index >= 15 is 0 Å². The van der Waals surface area contributed by atoms with Gasteiger partial charge in [-0.2, -0.15) is 8.42 Å². The first-order valence-electron chi connectivity index (χ1n) is 6.47. The lowest BCUT2D eigenvalue weighted by molar-refractivity contribution is 0.482. The first-order chi connectivity index (χ1) is 10.5. The predicted molar refractivity (Wildman–Crippen MR) is 86.0 cm³/mol. The van der Waals surface area contributed by atoms with E-state index < -0.39 is 10.1 Å². The fourth-order valence-electron chi connectivity index (χ4n) is 1.44. The Kier molecular flexibility index (Phi) is 7.60. The lowest BCUT2D eigenvalue weighted by atomic mass is 10.2. The molecule has 116 valence electrons. The molecule has 0 saturated heterocycles. The van der Waals surface area contributed by atoms with Crippen LogP contribution in [0.25, 0.3) is 0 Å². The number of hydrogen-bond acceptors (Lipinski definition) is 3. The number of hydrogen-bond donors (Lipinski definition) is 2. The highest BCUT2D eigenvalue weighted by Gasteiger charge is 2.10. The maximum absolute atomic E-state index is 10.6. The van der Waals surface area contributed by atoms with Crippen LogP contribution in [-0.2, 0) is 10.1 Å². The second-order valence-corrected chi connectivity index (χ2v) is 5.54. The molecule has 6 heteroatoms. The van der Waals surface area contributed by atoms with Crippen molar-refractivity contribution in [1.82, 2.24) is 9.97 Å². The van der Waals surface area contributed by atoms with Gasteiger partial charge in [0.1, 0.15) is 0 Å². The van der Waals surface area contributed by atoms with E-state index in [4.69, 9.17) is 4.55 Å². The van der Waals surface area contributed by atoms with Crippen molar-refractivity contribution in [1.29, 1.82) is 0 Å². The molecule has 0 bridgehead atoms. The minimum absolute atomic E-state index is 0.0278. The Morgan fingerprint density at radius 2 is 1.50 bits per heavy atom. The normalized spacial score (nSPS) is 9.73. The van der Waals surface area contributed by atoms with Gasteiger partial charge >= 0.3 is 0 Å². The molecule has 0 radical (unpaired) electrons. The summed E-state index contributed by atoms with van der Waals surface area (Å²) in [5, 5.41) is 0. The fourth-order valence-corrected chi connectivity index (χ4v) is 2.16. The largest absolute Gasteiger partial charge is 0.368 e. The summed E-state index contributed by atoms with van der Waals surface area (Å²) < 4.78 is 29.9. The van der Waals surface area contributed by atoms with Crippen molar-refractivity contribution in [3.05, 3.63) is 84.9 Å². The van der Waals surface area contributed by atoms with Crippen LogP contribution in [0, 0.1) is 6.92 Å². The lowest BCUT2D eigenvalue weighted by Crippen LogP contribution is -1.99. The zero-order valence-corrected chi connectivity index (χ0v) is 12.9. The molecule has 22 heavy (non-hydrogen) atoms. The molecular weight excluding hydrogens is 300 g/mol. The molecule has 2 heterocycles. The summed E-state index contributed by atoms with van der Waals surface area (Å²) in [5.74, 6) is 0. The first kappa shape index (κ1) is 17.6. The molecule has 0 aliphatic rings. The van der Waals surface area contributed by atoms with Gasteiger partial charge in [0.05, 0.1) is 4.90 Å². The molecule has 3 rings (SSSR count). The minimum Gasteiger partial charge on any atom is -0.368 e. The second kappa shape index (κ2) is 9.49. The van der Waals surface area contributed by atoms with Gasteiger partial charge in [-0.25, -0.2) is 0 Å². The van der Waals surface area contributed by atoms with E-state index in [1.165, 1.54) is 6.07 Å². The predicted octanol–water partition coefficient (Wildman–Crippen LogP) is 3.34. The van der Waals surface area contributed by atoms with Gasteiger partial charge in [0.25, 0.3) is 10.1 Å². The Balaban J connectivity index is 0.000000184. The van der Waals surface area contributed by atoms with Crippen LogP contribution in [-0.4, -0.2) is 22.9 Å². The quantitative estimate of drug-likeness (QED) is 0.674. The standard InChI is InChI=1S/C7H8O3S.C5H5N.C4H5N/c1-6-4-2-3-5-7(6)11(8,9)10;1-2-4-6-5-3-1;1-2-4-5-3-1/h2-5H,1H3,(H,8,9,10);1-5H;1-5H. The van der Waals surface area contributed by atoms with Crippen molar-refractivity contribution in [3.8, 4) is 0 Å². The molecule has 0 fully saturated rings. The third kappa shape index (κ3) is 7.37. The molecule has 2 aromatic heterocycles. The molecule has 1 aromatic carbocycles. The Labute approximate surface area is 130 Å². The number of rotatable bonds is 1. The topological polar surface area (TPSA) is 83.0 Å². The van der Waals surface area contributed by atoms with E-state index in [0.717, 1.165) is 0 Å². The van der Waals surface area contributed by atoms with E-state index in [9.17, 15) is 8.42 Å². The second-order valence-electron chi connectivity index (χ2n) is 4.15. The Morgan fingerprint density at radius 1 is 0.909 bits per heavy atom. The van der Waals surface area contributed by atoms with Crippen molar-refractivity contribution in [2.75, 3.05) is 0 Å². The maximum Gasteiger partial charge on any atom is 0.294 e. The highest BCUT2D eigenvalue weighted by Crippen LogP contribution is 2.12. The summed E-state index contributed by atoms with van der Waals surface area (Å²) in [6.45, 7) is 1.63. The smallest absolute Gasteiger partial charge is 0.294 e. The van der Waals surface area contributed by atoms with Crippen LogP contribution < -0.4 is 0 Å². The summed E-state index contributed by atoms with van der Waals surface area (Å²) in [7, 11) is -4.03. The molecule has 0 unspecified atom stereocenters. The van der Waals surface area contributed by atoms with Crippen LogP contribution in [0.15, 0.2) is 84.3 Å². The highest BCUT2D eigenvalue weighted by atomic mass is 32.2. The van der Waals surface area contributed by atoms with Gasteiger partial charge in [0.15, 0.2) is 0 Å². The van der Waals surface area contributed by atoms with E-state index in [1.54, 1.807) is 37.5 Å². The summed E-state index contributed by atoms with van der Waals surface area (Å²) in [4.78, 5) is 6.62. The fraction of sp³-hybridized carbons (Fsp3) is 0.0625. The zero-order chi connectivity index (χ0) is 16.3. The molecule has 5 nitrogen and oxygen atoms in total. The van der Waals surface area contributed by atoms with E-state index in [1.807, 2.05) is 42.7 Å². The van der Waals surface area contributed by atoms with Crippen molar-refractivity contribution in [2.45, 2.75) is 11.8 Å². The van der Waals surface area contributed by atoms with Gasteiger partial charge in [0, 0.05) is 24.8 Å². The Morgan fingerprint density at radius 3 is 1.77 bits per heavy atom. The van der Waals surface area contributed by atoms with Gasteiger partial charge in [-0.1, -0.05) is 24.3 Å². The summed E-state index contributed by atoms with van der Waals surface area (Å²) in [6.07, 6.45) is 7.25. The van der Waals surface area contributed by atoms with Crippen LogP contribution >= 0.6 is 0 Å². The number of aromatic nitrogens is 2. The van der Waals surface area contributed by atoms with Gasteiger partial charge in [-0.05, 0) is 42.8 Å². The minimum atomic E-state index is -4.03. The average molecular weight is 318 g/mol. The van der Waals surface area contributed by atoms with Crippen molar-refractivity contribution in [2.24, 2.45) is 0 Å². The number of aromatic amines is 1. The summed E-state index contributed by atoms with van der Waals surface area (Å²) in [6, 6.07) is 15.9. The third-order valence-electron chi connectivity index (χ3n) is 2.43. The molecule has 0 spiro atoms. The maximum atomic E-state index is 10.6. The van der Waals surface area contributed by atoms with Crippen LogP contribution in [0.5, 0.6) is 0 Å². The van der Waals surface area contributed by atoms with E-state index in [2.05, 4.69) is 9.97 Å². The molecule has 3 aromatic rings. The third-order valence-corrected chi connectivity index (χ3v) is 3.45. The zero-order valence-electron chi connectivity index (χ0n) is 12.1. The summed E-state index contributed by atoms with van der Waals surface area (Å²) >= 11 is 0. The van der Waals surface area contributed by atoms with Crippen molar-refractivity contribution < 1.29 is 13.0 Å². The monoisotopic (exact) mass is 318 g/mol. The number of benzene rings is 1. The molecule has 0 aliphatic heterocycles. The van der Waals surface area contributed by atoms with Crippen LogP contribution in [0.2, 0.25) is 0 Å². The average Bonchev–Trinajstić information content (AvgIpc) is 3.08. The number of nitrogens with one attached hydrogen (secondary N) is 1. The number of H-pyrrole nitrogens is 1. The lowest BCUT2D eigenvalue weighted by Gasteiger charge is -1.99. The Bertz CT molecular complexity index is 683. The Hall–Kier alpha value is -2.44. The van der Waals surface area contributed by atoms with Gasteiger partial charge in [-0.15, -0.1) is 0 Å². The molecular formula is C16H18N2O3S.